The molecule has 0 aliphatic heterocycles. The van der Waals surface area contributed by atoms with Crippen molar-refractivity contribution in [2.24, 2.45) is 17.8 Å². The number of ether oxygens (including phenoxy) is 1. The van der Waals surface area contributed by atoms with Crippen LogP contribution in [0.25, 0.3) is 0 Å². The molecule has 0 aliphatic carbocycles. The molecule has 0 rings (SSSR count). The van der Waals surface area contributed by atoms with Gasteiger partial charge in [-0.2, -0.15) is 0 Å². The van der Waals surface area contributed by atoms with Gasteiger partial charge >= 0.3 is 5.97 Å². The summed E-state index contributed by atoms with van der Waals surface area (Å²) >= 11 is 0. The average molecular weight is 202 g/mol. The topological polar surface area (TPSA) is 46.5 Å². The van der Waals surface area contributed by atoms with E-state index in [0.717, 1.165) is 0 Å². The van der Waals surface area contributed by atoms with E-state index in [9.17, 15) is 4.79 Å². The largest absolute Gasteiger partial charge is 0.481 e. The Morgan fingerprint density at radius 1 is 1.14 bits per heavy atom. The Hall–Kier alpha value is -0.570. The van der Waals surface area contributed by atoms with Gasteiger partial charge in [-0.05, 0) is 18.3 Å². The van der Waals surface area contributed by atoms with Crippen LogP contribution in [0.5, 0.6) is 0 Å². The summed E-state index contributed by atoms with van der Waals surface area (Å²) in [6.45, 7) is 9.14. The number of carboxylic acid groups (broad SMARTS) is 1. The van der Waals surface area contributed by atoms with E-state index < -0.39 is 5.97 Å². The SMILES string of the molecule is CC(C)COCC(CC(C)C)C(=O)O. The van der Waals surface area contributed by atoms with Crippen molar-refractivity contribution in [3.05, 3.63) is 0 Å². The van der Waals surface area contributed by atoms with Crippen molar-refractivity contribution in [1.82, 2.24) is 0 Å². The smallest absolute Gasteiger partial charge is 0.308 e. The van der Waals surface area contributed by atoms with E-state index in [0.29, 0.717) is 31.5 Å². The zero-order chi connectivity index (χ0) is 11.1. The van der Waals surface area contributed by atoms with Gasteiger partial charge < -0.3 is 9.84 Å². The lowest BCUT2D eigenvalue weighted by atomic mass is 9.98. The fourth-order valence-corrected chi connectivity index (χ4v) is 1.26. The highest BCUT2D eigenvalue weighted by Gasteiger charge is 2.18. The third-order valence-corrected chi connectivity index (χ3v) is 1.88. The maximum atomic E-state index is 10.8. The summed E-state index contributed by atoms with van der Waals surface area (Å²) in [6.07, 6.45) is 0.688. The van der Waals surface area contributed by atoms with Crippen LogP contribution in [0.1, 0.15) is 34.1 Å². The van der Waals surface area contributed by atoms with Crippen LogP contribution in [0.3, 0.4) is 0 Å². The minimum Gasteiger partial charge on any atom is -0.481 e. The quantitative estimate of drug-likeness (QED) is 0.689. The predicted octanol–water partition coefficient (Wildman–Crippen LogP) is 2.41. The Kier molecular flexibility index (Phi) is 6.54. The number of rotatable bonds is 7. The first-order chi connectivity index (χ1) is 6.43. The summed E-state index contributed by atoms with van der Waals surface area (Å²) in [7, 11) is 0. The second-order valence-corrected chi connectivity index (χ2v) is 4.60. The molecule has 1 N–H and O–H groups in total. The van der Waals surface area contributed by atoms with Crippen molar-refractivity contribution >= 4 is 5.97 Å². The highest BCUT2D eigenvalue weighted by Crippen LogP contribution is 2.12. The third kappa shape index (κ3) is 6.89. The zero-order valence-electron chi connectivity index (χ0n) is 9.62. The van der Waals surface area contributed by atoms with Crippen molar-refractivity contribution in [1.29, 1.82) is 0 Å². The Balaban J connectivity index is 3.80. The summed E-state index contributed by atoms with van der Waals surface area (Å²) in [5, 5.41) is 8.91. The summed E-state index contributed by atoms with van der Waals surface area (Å²) in [4.78, 5) is 10.8. The lowest BCUT2D eigenvalue weighted by molar-refractivity contribution is -0.144. The molecule has 0 aromatic heterocycles. The van der Waals surface area contributed by atoms with Crippen LogP contribution in [0, 0.1) is 17.8 Å². The number of hydrogen-bond acceptors (Lipinski definition) is 2. The van der Waals surface area contributed by atoms with E-state index in [2.05, 4.69) is 13.8 Å². The molecule has 0 aromatic rings. The lowest BCUT2D eigenvalue weighted by Crippen LogP contribution is -2.22. The monoisotopic (exact) mass is 202 g/mol. The van der Waals surface area contributed by atoms with Gasteiger partial charge in [-0.3, -0.25) is 4.79 Å². The van der Waals surface area contributed by atoms with Gasteiger partial charge in [0.05, 0.1) is 12.5 Å². The van der Waals surface area contributed by atoms with Crippen molar-refractivity contribution in [2.45, 2.75) is 34.1 Å². The second-order valence-electron chi connectivity index (χ2n) is 4.60. The Morgan fingerprint density at radius 2 is 1.71 bits per heavy atom. The molecule has 0 spiro atoms. The lowest BCUT2D eigenvalue weighted by Gasteiger charge is -2.15. The molecule has 1 unspecified atom stereocenters. The first-order valence-corrected chi connectivity index (χ1v) is 5.24. The molecule has 0 radical (unpaired) electrons. The summed E-state index contributed by atoms with van der Waals surface area (Å²) in [5.74, 6) is -0.238. The first kappa shape index (κ1) is 13.4. The van der Waals surface area contributed by atoms with Gasteiger partial charge in [0.1, 0.15) is 0 Å². The van der Waals surface area contributed by atoms with Crippen LogP contribution in [0.15, 0.2) is 0 Å². The molecule has 3 heteroatoms. The Morgan fingerprint density at radius 3 is 2.07 bits per heavy atom. The number of carbonyl (C=O) groups is 1. The standard InChI is InChI=1S/C11H22O3/c1-8(2)5-10(11(12)13)7-14-6-9(3)4/h8-10H,5-7H2,1-4H3,(H,12,13). The van der Waals surface area contributed by atoms with Crippen LogP contribution in [0.4, 0.5) is 0 Å². The zero-order valence-corrected chi connectivity index (χ0v) is 9.62. The van der Waals surface area contributed by atoms with Gasteiger partial charge in [0.2, 0.25) is 0 Å². The molecule has 0 fully saturated rings. The second kappa shape index (κ2) is 6.82. The van der Waals surface area contributed by atoms with Crippen LogP contribution in [0.2, 0.25) is 0 Å². The summed E-state index contributed by atoms with van der Waals surface area (Å²) in [5.41, 5.74) is 0. The van der Waals surface area contributed by atoms with Crippen molar-refractivity contribution < 1.29 is 14.6 Å². The Labute approximate surface area is 86.5 Å². The number of carboxylic acids is 1. The molecular formula is C11H22O3. The predicted molar refractivity (Wildman–Crippen MR) is 56.2 cm³/mol. The van der Waals surface area contributed by atoms with Gasteiger partial charge in [-0.15, -0.1) is 0 Å². The molecule has 0 heterocycles. The van der Waals surface area contributed by atoms with E-state index in [1.165, 1.54) is 0 Å². The van der Waals surface area contributed by atoms with Crippen LogP contribution < -0.4 is 0 Å². The van der Waals surface area contributed by atoms with Crippen LogP contribution in [-0.4, -0.2) is 24.3 Å². The van der Waals surface area contributed by atoms with Crippen molar-refractivity contribution in [2.75, 3.05) is 13.2 Å². The molecule has 0 saturated heterocycles. The minimum atomic E-state index is -0.748. The molecular weight excluding hydrogens is 180 g/mol. The molecule has 0 aromatic carbocycles. The van der Waals surface area contributed by atoms with Crippen molar-refractivity contribution in [3.8, 4) is 0 Å². The molecule has 0 amide bonds. The highest BCUT2D eigenvalue weighted by molar-refractivity contribution is 5.70. The van der Waals surface area contributed by atoms with Gasteiger partial charge in [0.25, 0.3) is 0 Å². The number of aliphatic carboxylic acids is 1. The van der Waals surface area contributed by atoms with E-state index in [-0.39, 0.29) is 5.92 Å². The third-order valence-electron chi connectivity index (χ3n) is 1.88. The highest BCUT2D eigenvalue weighted by atomic mass is 16.5. The van der Waals surface area contributed by atoms with E-state index in [1.807, 2.05) is 13.8 Å². The molecule has 0 bridgehead atoms. The molecule has 1 atom stereocenters. The number of hydrogen-bond donors (Lipinski definition) is 1. The average Bonchev–Trinajstić information content (AvgIpc) is 2.00. The molecule has 14 heavy (non-hydrogen) atoms. The van der Waals surface area contributed by atoms with Gasteiger partial charge in [0.15, 0.2) is 0 Å². The van der Waals surface area contributed by atoms with Gasteiger partial charge in [-0.25, -0.2) is 0 Å². The van der Waals surface area contributed by atoms with Crippen molar-refractivity contribution in [3.63, 3.8) is 0 Å². The summed E-state index contributed by atoms with van der Waals surface area (Å²) < 4.78 is 5.34. The van der Waals surface area contributed by atoms with E-state index in [1.54, 1.807) is 0 Å². The van der Waals surface area contributed by atoms with Gasteiger partial charge in [-0.1, -0.05) is 27.7 Å². The van der Waals surface area contributed by atoms with E-state index in [4.69, 9.17) is 9.84 Å². The molecule has 0 aliphatic rings. The normalized spacial score (nSPS) is 13.6. The maximum Gasteiger partial charge on any atom is 0.308 e. The maximum absolute atomic E-state index is 10.8. The first-order valence-electron chi connectivity index (χ1n) is 5.24. The molecule has 0 saturated carbocycles. The fourth-order valence-electron chi connectivity index (χ4n) is 1.26. The molecule has 3 nitrogen and oxygen atoms in total. The van der Waals surface area contributed by atoms with E-state index >= 15 is 0 Å². The fraction of sp³-hybridized carbons (Fsp3) is 0.909. The van der Waals surface area contributed by atoms with Crippen LogP contribution in [-0.2, 0) is 9.53 Å². The van der Waals surface area contributed by atoms with Gasteiger partial charge in [0, 0.05) is 6.61 Å². The van der Waals surface area contributed by atoms with Crippen LogP contribution >= 0.6 is 0 Å². The minimum absolute atomic E-state index is 0.339. The summed E-state index contributed by atoms with van der Waals surface area (Å²) in [6, 6.07) is 0. The Bertz CT molecular complexity index is 164. The molecule has 84 valence electrons.